The molecule has 9 heteroatoms. The summed E-state index contributed by atoms with van der Waals surface area (Å²) in [5.74, 6) is 0.731. The zero-order valence-corrected chi connectivity index (χ0v) is 16.6. The van der Waals surface area contributed by atoms with Gasteiger partial charge in [-0.25, -0.2) is 17.7 Å². The molecular weight excluding hydrogens is 380 g/mol. The van der Waals surface area contributed by atoms with Gasteiger partial charge in [0.25, 0.3) is 5.69 Å². The normalized spacial score (nSPS) is 16.0. The fourth-order valence-electron chi connectivity index (χ4n) is 3.36. The maximum atomic E-state index is 12.2. The van der Waals surface area contributed by atoms with E-state index in [0.29, 0.717) is 49.4 Å². The predicted molar refractivity (Wildman–Crippen MR) is 109 cm³/mol. The third kappa shape index (κ3) is 4.66. The van der Waals surface area contributed by atoms with Gasteiger partial charge in [-0.05, 0) is 25.3 Å². The Kier molecular flexibility index (Phi) is 6.25. The number of nitrogens with one attached hydrogen (secondary N) is 1. The molecular formula is C19H24N4O4S. The second kappa shape index (κ2) is 8.66. The molecule has 0 saturated carbocycles. The third-order valence-electron chi connectivity index (χ3n) is 4.78. The van der Waals surface area contributed by atoms with Crippen molar-refractivity contribution in [2.75, 3.05) is 24.2 Å². The van der Waals surface area contributed by atoms with E-state index in [1.807, 2.05) is 25.1 Å². The number of rotatable bonds is 7. The van der Waals surface area contributed by atoms with Crippen molar-refractivity contribution in [3.63, 3.8) is 0 Å². The Morgan fingerprint density at radius 3 is 2.46 bits per heavy atom. The summed E-state index contributed by atoms with van der Waals surface area (Å²) in [5.41, 5.74) is 0.953. The van der Waals surface area contributed by atoms with Crippen molar-refractivity contribution in [2.24, 2.45) is 0 Å². The molecule has 0 radical (unpaired) electrons. The highest BCUT2D eigenvalue weighted by Crippen LogP contribution is 2.30. The number of anilines is 1. The highest BCUT2D eigenvalue weighted by molar-refractivity contribution is 7.89. The van der Waals surface area contributed by atoms with E-state index in [0.717, 1.165) is 0 Å². The second-order valence-corrected chi connectivity index (χ2v) is 8.91. The molecule has 0 unspecified atom stereocenters. The number of sulfonamides is 1. The zero-order chi connectivity index (χ0) is 20.1. The van der Waals surface area contributed by atoms with E-state index in [2.05, 4.69) is 10.3 Å². The lowest BCUT2D eigenvalue weighted by molar-refractivity contribution is -0.384. The van der Waals surface area contributed by atoms with Crippen LogP contribution in [-0.4, -0.2) is 47.5 Å². The molecule has 1 fully saturated rings. The number of nitrogens with zero attached hydrogens (tertiary/aromatic N) is 3. The van der Waals surface area contributed by atoms with Crippen molar-refractivity contribution in [2.45, 2.75) is 32.2 Å². The van der Waals surface area contributed by atoms with Gasteiger partial charge in [-0.15, -0.1) is 0 Å². The molecule has 0 aliphatic carbocycles. The highest BCUT2D eigenvalue weighted by Gasteiger charge is 2.27. The van der Waals surface area contributed by atoms with Gasteiger partial charge in [0.15, 0.2) is 5.69 Å². The summed E-state index contributed by atoms with van der Waals surface area (Å²) in [6.07, 6.45) is 1.94. The second-order valence-electron chi connectivity index (χ2n) is 6.82. The first-order valence-electron chi connectivity index (χ1n) is 9.36. The number of nitro groups is 1. The third-order valence-corrected chi connectivity index (χ3v) is 6.86. The molecule has 1 aromatic heterocycles. The molecule has 0 atom stereocenters. The minimum Gasteiger partial charge on any atom is -0.367 e. The van der Waals surface area contributed by atoms with Gasteiger partial charge in [0.05, 0.1) is 10.7 Å². The monoisotopic (exact) mass is 404 g/mol. The molecule has 2 heterocycles. The Balaban J connectivity index is 1.73. The minimum absolute atomic E-state index is 0.0442. The highest BCUT2D eigenvalue weighted by atomic mass is 32.2. The molecule has 0 spiro atoms. The summed E-state index contributed by atoms with van der Waals surface area (Å²) in [6, 6.07) is 12.2. The topological polar surface area (TPSA) is 105 Å². The molecule has 1 aromatic carbocycles. The van der Waals surface area contributed by atoms with Crippen LogP contribution in [0.15, 0.2) is 42.5 Å². The van der Waals surface area contributed by atoms with Crippen molar-refractivity contribution in [1.29, 1.82) is 0 Å². The van der Waals surface area contributed by atoms with Crippen molar-refractivity contribution in [1.82, 2.24) is 9.29 Å². The number of aromatic nitrogens is 1. The Morgan fingerprint density at radius 2 is 1.86 bits per heavy atom. The Hall–Kier alpha value is -2.52. The van der Waals surface area contributed by atoms with Gasteiger partial charge in [0.1, 0.15) is 5.82 Å². The summed E-state index contributed by atoms with van der Waals surface area (Å²) in [6.45, 7) is 2.80. The predicted octanol–water partition coefficient (Wildman–Crippen LogP) is 3.27. The van der Waals surface area contributed by atoms with Crippen LogP contribution in [-0.2, 0) is 10.0 Å². The van der Waals surface area contributed by atoms with Gasteiger partial charge in [-0.2, -0.15) is 0 Å². The molecule has 1 aliphatic heterocycles. The number of piperidine rings is 1. The Morgan fingerprint density at radius 1 is 1.18 bits per heavy atom. The van der Waals surface area contributed by atoms with Gasteiger partial charge in [-0.1, -0.05) is 37.3 Å². The minimum atomic E-state index is -3.17. The molecule has 28 heavy (non-hydrogen) atoms. The molecule has 1 N–H and O–H groups in total. The van der Waals surface area contributed by atoms with E-state index in [9.17, 15) is 18.5 Å². The lowest BCUT2D eigenvalue weighted by Gasteiger charge is -2.31. The van der Waals surface area contributed by atoms with Crippen LogP contribution < -0.4 is 5.32 Å². The van der Waals surface area contributed by atoms with E-state index >= 15 is 0 Å². The van der Waals surface area contributed by atoms with Crippen molar-refractivity contribution >= 4 is 21.5 Å². The van der Waals surface area contributed by atoms with Crippen LogP contribution in [0.4, 0.5) is 11.5 Å². The zero-order valence-electron chi connectivity index (χ0n) is 15.7. The van der Waals surface area contributed by atoms with Crippen LogP contribution in [0.3, 0.4) is 0 Å². The van der Waals surface area contributed by atoms with Crippen LogP contribution in [0, 0.1) is 10.1 Å². The summed E-state index contributed by atoms with van der Waals surface area (Å²) in [5, 5.41) is 14.7. The summed E-state index contributed by atoms with van der Waals surface area (Å²) >= 11 is 0. The van der Waals surface area contributed by atoms with E-state index < -0.39 is 14.9 Å². The van der Waals surface area contributed by atoms with Gasteiger partial charge < -0.3 is 5.32 Å². The van der Waals surface area contributed by atoms with Crippen LogP contribution in [0.1, 0.15) is 26.2 Å². The molecule has 2 aromatic rings. The fourth-order valence-corrected chi connectivity index (χ4v) is 4.90. The molecule has 1 saturated heterocycles. The van der Waals surface area contributed by atoms with E-state index in [-0.39, 0.29) is 17.5 Å². The van der Waals surface area contributed by atoms with Crippen molar-refractivity contribution < 1.29 is 13.3 Å². The summed E-state index contributed by atoms with van der Waals surface area (Å²) in [7, 11) is -3.17. The van der Waals surface area contributed by atoms with E-state index in [1.165, 1.54) is 6.07 Å². The quantitative estimate of drug-likeness (QED) is 0.561. The first kappa shape index (κ1) is 20.2. The number of hydrogen-bond acceptors (Lipinski definition) is 6. The average molecular weight is 404 g/mol. The SMILES string of the molecule is CCCS(=O)(=O)N1CCC(Nc2ccc([N+](=O)[O-])c(-c3ccccc3)n2)CC1. The number of benzene rings is 1. The molecule has 150 valence electrons. The number of pyridine rings is 1. The largest absolute Gasteiger partial charge is 0.367 e. The molecule has 3 rings (SSSR count). The maximum absolute atomic E-state index is 12.2. The van der Waals surface area contributed by atoms with Gasteiger partial charge in [0, 0.05) is 30.8 Å². The lowest BCUT2D eigenvalue weighted by Crippen LogP contribution is -2.43. The standard InChI is InChI=1S/C19H24N4O4S/c1-2-14-28(26,27)22-12-10-16(11-13-22)20-18-9-8-17(23(24)25)19(21-18)15-6-4-3-5-7-15/h3-9,16H,2,10-14H2,1H3,(H,20,21). The lowest BCUT2D eigenvalue weighted by atomic mass is 10.1. The Labute approximate surface area is 164 Å². The van der Waals surface area contributed by atoms with Crippen LogP contribution >= 0.6 is 0 Å². The smallest absolute Gasteiger partial charge is 0.295 e. The first-order chi connectivity index (χ1) is 13.4. The first-order valence-corrected chi connectivity index (χ1v) is 11.0. The van der Waals surface area contributed by atoms with Gasteiger partial charge in [0.2, 0.25) is 10.0 Å². The number of hydrogen-bond donors (Lipinski definition) is 1. The van der Waals surface area contributed by atoms with Gasteiger partial charge >= 0.3 is 0 Å². The molecule has 8 nitrogen and oxygen atoms in total. The van der Waals surface area contributed by atoms with E-state index in [4.69, 9.17) is 0 Å². The molecule has 0 amide bonds. The molecule has 0 bridgehead atoms. The fraction of sp³-hybridized carbons (Fsp3) is 0.421. The van der Waals surface area contributed by atoms with Crippen molar-refractivity contribution in [3.05, 3.63) is 52.6 Å². The summed E-state index contributed by atoms with van der Waals surface area (Å²) < 4.78 is 25.9. The van der Waals surface area contributed by atoms with Crippen LogP contribution in [0.25, 0.3) is 11.3 Å². The van der Waals surface area contributed by atoms with E-state index in [1.54, 1.807) is 22.5 Å². The average Bonchev–Trinajstić information content (AvgIpc) is 2.69. The van der Waals surface area contributed by atoms with Crippen molar-refractivity contribution in [3.8, 4) is 11.3 Å². The van der Waals surface area contributed by atoms with Crippen LogP contribution in [0.5, 0.6) is 0 Å². The maximum Gasteiger partial charge on any atom is 0.295 e. The van der Waals surface area contributed by atoms with Gasteiger partial charge in [-0.3, -0.25) is 10.1 Å². The van der Waals surface area contributed by atoms with Crippen LogP contribution in [0.2, 0.25) is 0 Å². The Bertz CT molecular complexity index is 926. The summed E-state index contributed by atoms with van der Waals surface area (Å²) in [4.78, 5) is 15.4. The molecule has 1 aliphatic rings.